The minimum absolute atomic E-state index is 0.0277. The maximum Gasteiger partial charge on any atom is 0.123 e. The molecule has 110 valence electrons. The fraction of sp³-hybridized carbons (Fsp3) is 0.312. The van der Waals surface area contributed by atoms with Crippen LogP contribution in [0.1, 0.15) is 5.56 Å². The number of nitrogens with two attached hydrogens (primary N) is 1. The summed E-state index contributed by atoms with van der Waals surface area (Å²) in [6.45, 7) is 2.09. The van der Waals surface area contributed by atoms with Gasteiger partial charge in [-0.15, -0.1) is 0 Å². The number of nitrogen functional groups attached to an aromatic ring is 1. The zero-order valence-electron chi connectivity index (χ0n) is 11.7. The molecule has 0 aliphatic carbocycles. The average Bonchev–Trinajstić information content (AvgIpc) is 2.53. The summed E-state index contributed by atoms with van der Waals surface area (Å²) in [5.41, 5.74) is 7.51. The van der Waals surface area contributed by atoms with E-state index in [4.69, 9.17) is 15.9 Å². The first-order valence-corrected chi connectivity index (χ1v) is 7.04. The molecule has 0 radical (unpaired) electrons. The molecule has 4 N–H and O–H groups in total. The van der Waals surface area contributed by atoms with Crippen molar-refractivity contribution in [3.63, 3.8) is 0 Å². The van der Waals surface area contributed by atoms with Gasteiger partial charge in [-0.2, -0.15) is 0 Å². The lowest BCUT2D eigenvalue weighted by Gasteiger charge is -2.34. The molecule has 0 aromatic heterocycles. The minimum atomic E-state index is -0.148. The Bertz CT molecular complexity index is 672. The highest BCUT2D eigenvalue weighted by Gasteiger charge is 2.21. The van der Waals surface area contributed by atoms with E-state index in [2.05, 4.69) is 4.90 Å². The van der Waals surface area contributed by atoms with Crippen LogP contribution in [0.2, 0.25) is 0 Å². The topological polar surface area (TPSA) is 82.6 Å². The van der Waals surface area contributed by atoms with Gasteiger partial charge in [0, 0.05) is 29.7 Å². The molecule has 1 fully saturated rings. The van der Waals surface area contributed by atoms with Crippen molar-refractivity contribution in [2.24, 2.45) is 5.73 Å². The van der Waals surface area contributed by atoms with Gasteiger partial charge in [0.15, 0.2) is 0 Å². The van der Waals surface area contributed by atoms with Crippen LogP contribution in [0.15, 0.2) is 36.4 Å². The molecule has 3 rings (SSSR count). The van der Waals surface area contributed by atoms with E-state index < -0.39 is 0 Å². The summed E-state index contributed by atoms with van der Waals surface area (Å²) >= 11 is 0. The molecule has 1 heterocycles. The minimum Gasteiger partial charge on any atom is -0.394 e. The van der Waals surface area contributed by atoms with E-state index in [1.54, 1.807) is 0 Å². The van der Waals surface area contributed by atoms with Crippen LogP contribution in [-0.2, 0) is 4.74 Å². The highest BCUT2D eigenvalue weighted by Crippen LogP contribution is 2.30. The SMILES string of the molecule is N=C(N)c1ccc(N2CCOC(CO)C2)c2ccccc12. The van der Waals surface area contributed by atoms with Crippen LogP contribution in [-0.4, -0.2) is 43.3 Å². The Hall–Kier alpha value is -2.11. The molecule has 0 spiro atoms. The molecule has 5 nitrogen and oxygen atoms in total. The van der Waals surface area contributed by atoms with Gasteiger partial charge in [-0.05, 0) is 17.5 Å². The number of hydrogen-bond acceptors (Lipinski definition) is 4. The number of aliphatic hydroxyl groups excluding tert-OH is 1. The maximum atomic E-state index is 9.29. The van der Waals surface area contributed by atoms with Crippen molar-refractivity contribution in [2.75, 3.05) is 31.2 Å². The Balaban J connectivity index is 2.07. The molecule has 1 aliphatic heterocycles. The number of aliphatic hydroxyl groups is 1. The van der Waals surface area contributed by atoms with Gasteiger partial charge >= 0.3 is 0 Å². The fourth-order valence-electron chi connectivity index (χ4n) is 2.84. The maximum absolute atomic E-state index is 9.29. The molecule has 21 heavy (non-hydrogen) atoms. The van der Waals surface area contributed by atoms with Crippen molar-refractivity contribution in [3.05, 3.63) is 42.0 Å². The van der Waals surface area contributed by atoms with E-state index >= 15 is 0 Å². The lowest BCUT2D eigenvalue weighted by molar-refractivity contribution is 0.00364. The van der Waals surface area contributed by atoms with E-state index in [1.165, 1.54) is 0 Å². The van der Waals surface area contributed by atoms with E-state index in [0.717, 1.165) is 28.6 Å². The summed E-state index contributed by atoms with van der Waals surface area (Å²) in [4.78, 5) is 2.22. The summed E-state index contributed by atoms with van der Waals surface area (Å²) in [7, 11) is 0. The fourth-order valence-corrected chi connectivity index (χ4v) is 2.84. The van der Waals surface area contributed by atoms with Gasteiger partial charge in [0.05, 0.1) is 19.3 Å². The largest absolute Gasteiger partial charge is 0.394 e. The van der Waals surface area contributed by atoms with Crippen molar-refractivity contribution in [1.29, 1.82) is 5.41 Å². The first-order chi connectivity index (χ1) is 10.2. The van der Waals surface area contributed by atoms with E-state index in [-0.39, 0.29) is 18.5 Å². The van der Waals surface area contributed by atoms with Crippen LogP contribution < -0.4 is 10.6 Å². The van der Waals surface area contributed by atoms with E-state index in [9.17, 15) is 5.11 Å². The Kier molecular flexibility index (Phi) is 3.77. The smallest absolute Gasteiger partial charge is 0.123 e. The molecule has 1 unspecified atom stereocenters. The molecule has 1 aliphatic rings. The number of benzene rings is 2. The first-order valence-electron chi connectivity index (χ1n) is 7.04. The predicted octanol–water partition coefficient (Wildman–Crippen LogP) is 1.32. The summed E-state index contributed by atoms with van der Waals surface area (Å²) in [6.07, 6.45) is -0.148. The molecule has 2 aromatic carbocycles. The van der Waals surface area contributed by atoms with Crippen LogP contribution in [0, 0.1) is 5.41 Å². The third-order valence-electron chi connectivity index (χ3n) is 3.87. The van der Waals surface area contributed by atoms with Crippen LogP contribution in [0.3, 0.4) is 0 Å². The highest BCUT2D eigenvalue weighted by molar-refractivity contribution is 6.10. The van der Waals surface area contributed by atoms with Crippen molar-refractivity contribution in [3.8, 4) is 0 Å². The second kappa shape index (κ2) is 5.71. The number of hydrogen-bond donors (Lipinski definition) is 3. The third kappa shape index (κ3) is 2.57. The number of fused-ring (bicyclic) bond motifs is 1. The molecule has 0 amide bonds. The normalized spacial score (nSPS) is 18.9. The second-order valence-electron chi connectivity index (χ2n) is 5.21. The molecule has 0 bridgehead atoms. The van der Waals surface area contributed by atoms with Crippen LogP contribution in [0.25, 0.3) is 10.8 Å². The molecule has 1 saturated heterocycles. The van der Waals surface area contributed by atoms with Gasteiger partial charge < -0.3 is 20.5 Å². The third-order valence-corrected chi connectivity index (χ3v) is 3.87. The average molecular weight is 285 g/mol. The molecular weight excluding hydrogens is 266 g/mol. The Morgan fingerprint density at radius 3 is 2.76 bits per heavy atom. The lowest BCUT2D eigenvalue weighted by Crippen LogP contribution is -2.44. The molecular formula is C16H19N3O2. The Morgan fingerprint density at radius 2 is 2.05 bits per heavy atom. The predicted molar refractivity (Wildman–Crippen MR) is 84.0 cm³/mol. The number of anilines is 1. The number of morpholine rings is 1. The van der Waals surface area contributed by atoms with Gasteiger partial charge in [-0.3, -0.25) is 5.41 Å². The zero-order chi connectivity index (χ0) is 14.8. The first kappa shape index (κ1) is 13.9. The summed E-state index contributed by atoms with van der Waals surface area (Å²) < 4.78 is 5.51. The van der Waals surface area contributed by atoms with Crippen molar-refractivity contribution >= 4 is 22.3 Å². The number of amidine groups is 1. The van der Waals surface area contributed by atoms with Gasteiger partial charge in [0.1, 0.15) is 5.84 Å². The van der Waals surface area contributed by atoms with Crippen molar-refractivity contribution < 1.29 is 9.84 Å². The van der Waals surface area contributed by atoms with Crippen LogP contribution in [0.5, 0.6) is 0 Å². The Labute approximate surface area is 123 Å². The van der Waals surface area contributed by atoms with E-state index in [0.29, 0.717) is 13.2 Å². The highest BCUT2D eigenvalue weighted by atomic mass is 16.5. The van der Waals surface area contributed by atoms with Gasteiger partial charge in [0.2, 0.25) is 0 Å². The number of nitrogens with zero attached hydrogens (tertiary/aromatic N) is 1. The zero-order valence-corrected chi connectivity index (χ0v) is 11.7. The number of nitrogens with one attached hydrogen (secondary N) is 1. The molecule has 0 saturated carbocycles. The van der Waals surface area contributed by atoms with E-state index in [1.807, 2.05) is 36.4 Å². The lowest BCUT2D eigenvalue weighted by atomic mass is 10.0. The van der Waals surface area contributed by atoms with Gasteiger partial charge in [-0.1, -0.05) is 24.3 Å². The summed E-state index contributed by atoms with van der Waals surface area (Å²) in [5, 5.41) is 19.0. The van der Waals surface area contributed by atoms with Gasteiger partial charge in [-0.25, -0.2) is 0 Å². The van der Waals surface area contributed by atoms with Gasteiger partial charge in [0.25, 0.3) is 0 Å². The molecule has 1 atom stereocenters. The van der Waals surface area contributed by atoms with Crippen LogP contribution in [0.4, 0.5) is 5.69 Å². The number of rotatable bonds is 3. The van der Waals surface area contributed by atoms with Crippen molar-refractivity contribution in [2.45, 2.75) is 6.10 Å². The molecule has 5 heteroatoms. The summed E-state index contributed by atoms with van der Waals surface area (Å²) in [5.74, 6) is 0.0768. The monoisotopic (exact) mass is 285 g/mol. The standard InChI is InChI=1S/C16H19N3O2/c17-16(18)14-5-6-15(13-4-2-1-3-12(13)14)19-7-8-21-11(9-19)10-20/h1-6,11,20H,7-10H2,(H3,17,18). The van der Waals surface area contributed by atoms with Crippen molar-refractivity contribution in [1.82, 2.24) is 0 Å². The molecule has 2 aromatic rings. The number of ether oxygens (including phenoxy) is 1. The Morgan fingerprint density at radius 1 is 1.29 bits per heavy atom. The second-order valence-corrected chi connectivity index (χ2v) is 5.21. The quantitative estimate of drug-likeness (QED) is 0.587. The summed E-state index contributed by atoms with van der Waals surface area (Å²) in [6, 6.07) is 11.9. The van der Waals surface area contributed by atoms with Crippen LogP contribution >= 0.6 is 0 Å².